The van der Waals surface area contributed by atoms with Crippen molar-refractivity contribution in [2.24, 2.45) is 0 Å². The highest BCUT2D eigenvalue weighted by Gasteiger charge is 2.12. The SMILES string of the molecule is COC(=O)c1ccc(CNC(=O)Cn2c(-c3ccc(C)cc3)n[nH]c2=S)cc1. The molecule has 0 aliphatic carbocycles. The van der Waals surface area contributed by atoms with Gasteiger partial charge in [0, 0.05) is 12.1 Å². The number of aryl methyl sites for hydroxylation is 1. The molecule has 0 aliphatic heterocycles. The molecule has 0 fully saturated rings. The third-order valence-electron chi connectivity index (χ3n) is 4.23. The number of H-pyrrole nitrogens is 1. The van der Waals surface area contributed by atoms with E-state index in [2.05, 4.69) is 20.3 Å². The van der Waals surface area contributed by atoms with Gasteiger partial charge < -0.3 is 10.1 Å². The third kappa shape index (κ3) is 4.52. The van der Waals surface area contributed by atoms with Crippen LogP contribution in [-0.2, 0) is 22.6 Å². The maximum Gasteiger partial charge on any atom is 0.337 e. The standard InChI is InChI=1S/C20H20N4O3S/c1-13-3-7-15(8-4-13)18-22-23-20(28)24(18)12-17(25)21-11-14-5-9-16(10-6-14)19(26)27-2/h3-10H,11-12H2,1-2H3,(H,21,25)(H,23,28). The largest absolute Gasteiger partial charge is 0.465 e. The van der Waals surface area contributed by atoms with E-state index in [4.69, 9.17) is 12.2 Å². The van der Waals surface area contributed by atoms with Gasteiger partial charge in [-0.2, -0.15) is 5.10 Å². The van der Waals surface area contributed by atoms with Crippen molar-refractivity contribution in [3.63, 3.8) is 0 Å². The van der Waals surface area contributed by atoms with Crippen LogP contribution >= 0.6 is 12.2 Å². The molecule has 2 aromatic carbocycles. The molecule has 1 heterocycles. The number of ether oxygens (including phenoxy) is 1. The van der Waals surface area contributed by atoms with Crippen LogP contribution in [0.15, 0.2) is 48.5 Å². The summed E-state index contributed by atoms with van der Waals surface area (Å²) in [7, 11) is 1.34. The number of nitrogens with zero attached hydrogens (tertiary/aromatic N) is 2. The monoisotopic (exact) mass is 396 g/mol. The average molecular weight is 396 g/mol. The number of esters is 1. The van der Waals surface area contributed by atoms with E-state index in [1.165, 1.54) is 7.11 Å². The first-order valence-corrected chi connectivity index (χ1v) is 9.05. The van der Waals surface area contributed by atoms with Gasteiger partial charge in [-0.05, 0) is 36.8 Å². The molecule has 0 spiro atoms. The first kappa shape index (κ1) is 19.5. The number of aromatic amines is 1. The Morgan fingerprint density at radius 2 is 1.82 bits per heavy atom. The van der Waals surface area contributed by atoms with Crippen molar-refractivity contribution in [1.82, 2.24) is 20.1 Å². The summed E-state index contributed by atoms with van der Waals surface area (Å²) in [5.74, 6) is 0.0269. The second kappa shape index (κ2) is 8.62. The van der Waals surface area contributed by atoms with Gasteiger partial charge >= 0.3 is 5.97 Å². The molecule has 0 atom stereocenters. The minimum atomic E-state index is -0.395. The van der Waals surface area contributed by atoms with E-state index >= 15 is 0 Å². The smallest absolute Gasteiger partial charge is 0.337 e. The second-order valence-electron chi connectivity index (χ2n) is 6.27. The Labute approximate surface area is 167 Å². The molecular formula is C20H20N4O3S. The second-order valence-corrected chi connectivity index (χ2v) is 6.66. The van der Waals surface area contributed by atoms with Crippen molar-refractivity contribution in [1.29, 1.82) is 0 Å². The minimum Gasteiger partial charge on any atom is -0.465 e. The highest BCUT2D eigenvalue weighted by molar-refractivity contribution is 7.71. The number of carbonyl (C=O) groups is 2. The summed E-state index contributed by atoms with van der Waals surface area (Å²) in [6.07, 6.45) is 0. The molecule has 0 radical (unpaired) electrons. The van der Waals surface area contributed by atoms with E-state index in [1.54, 1.807) is 28.8 Å². The van der Waals surface area contributed by atoms with Crippen molar-refractivity contribution in [3.05, 3.63) is 70.0 Å². The van der Waals surface area contributed by atoms with E-state index in [0.717, 1.165) is 16.7 Å². The molecule has 3 aromatic rings. The van der Waals surface area contributed by atoms with Crippen LogP contribution in [0.2, 0.25) is 0 Å². The molecule has 8 heteroatoms. The molecular weight excluding hydrogens is 376 g/mol. The molecule has 1 aromatic heterocycles. The van der Waals surface area contributed by atoms with Crippen LogP contribution in [0.1, 0.15) is 21.5 Å². The topological polar surface area (TPSA) is 89.0 Å². The van der Waals surface area contributed by atoms with Gasteiger partial charge in [0.05, 0.1) is 12.7 Å². The number of hydrogen-bond acceptors (Lipinski definition) is 5. The van der Waals surface area contributed by atoms with Crippen molar-refractivity contribution >= 4 is 24.1 Å². The maximum atomic E-state index is 12.4. The van der Waals surface area contributed by atoms with E-state index in [9.17, 15) is 9.59 Å². The number of carbonyl (C=O) groups excluding carboxylic acids is 2. The molecule has 0 aliphatic rings. The number of nitrogens with one attached hydrogen (secondary N) is 2. The normalized spacial score (nSPS) is 10.5. The number of methoxy groups -OCH3 is 1. The van der Waals surface area contributed by atoms with Crippen LogP contribution in [0, 0.1) is 11.7 Å². The van der Waals surface area contributed by atoms with Gasteiger partial charge in [0.2, 0.25) is 5.91 Å². The number of rotatable bonds is 6. The lowest BCUT2D eigenvalue weighted by Crippen LogP contribution is -2.27. The zero-order valence-corrected chi connectivity index (χ0v) is 16.4. The third-order valence-corrected chi connectivity index (χ3v) is 4.55. The zero-order chi connectivity index (χ0) is 20.1. The van der Waals surface area contributed by atoms with E-state index in [-0.39, 0.29) is 12.5 Å². The quantitative estimate of drug-likeness (QED) is 0.494. The molecule has 0 saturated carbocycles. The number of hydrogen-bond donors (Lipinski definition) is 2. The van der Waals surface area contributed by atoms with E-state index in [1.807, 2.05) is 31.2 Å². The molecule has 0 saturated heterocycles. The van der Waals surface area contributed by atoms with Crippen LogP contribution in [-0.4, -0.2) is 33.8 Å². The predicted molar refractivity (Wildman–Crippen MR) is 107 cm³/mol. The molecule has 144 valence electrons. The molecule has 1 amide bonds. The highest BCUT2D eigenvalue weighted by Crippen LogP contribution is 2.17. The fraction of sp³-hybridized carbons (Fsp3) is 0.200. The number of benzene rings is 2. The molecule has 3 rings (SSSR count). The summed E-state index contributed by atoms with van der Waals surface area (Å²) in [6.45, 7) is 2.40. The van der Waals surface area contributed by atoms with Gasteiger partial charge in [-0.25, -0.2) is 4.79 Å². The van der Waals surface area contributed by atoms with Gasteiger partial charge in [-0.1, -0.05) is 42.0 Å². The lowest BCUT2D eigenvalue weighted by molar-refractivity contribution is -0.121. The van der Waals surface area contributed by atoms with Crippen LogP contribution in [0.4, 0.5) is 0 Å². The number of aromatic nitrogens is 3. The van der Waals surface area contributed by atoms with Gasteiger partial charge in [0.15, 0.2) is 10.6 Å². The van der Waals surface area contributed by atoms with Gasteiger partial charge in [0.1, 0.15) is 6.54 Å². The molecule has 7 nitrogen and oxygen atoms in total. The van der Waals surface area contributed by atoms with E-state index in [0.29, 0.717) is 22.7 Å². The van der Waals surface area contributed by atoms with Gasteiger partial charge in [-0.15, -0.1) is 0 Å². The summed E-state index contributed by atoms with van der Waals surface area (Å²) in [5.41, 5.74) is 3.35. The summed E-state index contributed by atoms with van der Waals surface area (Å²) >= 11 is 5.27. The van der Waals surface area contributed by atoms with E-state index < -0.39 is 5.97 Å². The molecule has 2 N–H and O–H groups in total. The predicted octanol–water partition coefficient (Wildman–Crippen LogP) is 3.02. The van der Waals surface area contributed by atoms with Gasteiger partial charge in [0.25, 0.3) is 0 Å². The van der Waals surface area contributed by atoms with Crippen LogP contribution in [0.5, 0.6) is 0 Å². The van der Waals surface area contributed by atoms with Gasteiger partial charge in [-0.3, -0.25) is 14.5 Å². The Kier molecular flexibility index (Phi) is 6.00. The fourth-order valence-electron chi connectivity index (χ4n) is 2.66. The molecule has 28 heavy (non-hydrogen) atoms. The Morgan fingerprint density at radius 3 is 2.46 bits per heavy atom. The Bertz CT molecular complexity index is 1040. The number of amides is 1. The first-order chi connectivity index (χ1) is 13.5. The van der Waals surface area contributed by atoms with Crippen molar-refractivity contribution in [2.45, 2.75) is 20.0 Å². The van der Waals surface area contributed by atoms with Crippen LogP contribution in [0.25, 0.3) is 11.4 Å². The molecule has 0 bridgehead atoms. The van der Waals surface area contributed by atoms with Crippen molar-refractivity contribution in [3.8, 4) is 11.4 Å². The van der Waals surface area contributed by atoms with Crippen LogP contribution in [0.3, 0.4) is 0 Å². The summed E-state index contributed by atoms with van der Waals surface area (Å²) in [6, 6.07) is 14.7. The fourth-order valence-corrected chi connectivity index (χ4v) is 2.86. The Hall–Kier alpha value is -3.26. The summed E-state index contributed by atoms with van der Waals surface area (Å²) in [5, 5.41) is 9.84. The summed E-state index contributed by atoms with van der Waals surface area (Å²) < 4.78 is 6.71. The maximum absolute atomic E-state index is 12.4. The lowest BCUT2D eigenvalue weighted by atomic mass is 10.1. The highest BCUT2D eigenvalue weighted by atomic mass is 32.1. The van der Waals surface area contributed by atoms with Crippen molar-refractivity contribution in [2.75, 3.05) is 7.11 Å². The zero-order valence-electron chi connectivity index (χ0n) is 15.6. The van der Waals surface area contributed by atoms with Crippen LogP contribution < -0.4 is 5.32 Å². The molecule has 0 unspecified atom stereocenters. The minimum absolute atomic E-state index is 0.0544. The average Bonchev–Trinajstić information content (AvgIpc) is 3.07. The Balaban J connectivity index is 1.65. The van der Waals surface area contributed by atoms with Crippen molar-refractivity contribution < 1.29 is 14.3 Å². The Morgan fingerprint density at radius 1 is 1.14 bits per heavy atom. The first-order valence-electron chi connectivity index (χ1n) is 8.64. The summed E-state index contributed by atoms with van der Waals surface area (Å²) in [4.78, 5) is 23.9. The lowest BCUT2D eigenvalue weighted by Gasteiger charge is -2.09.